The third kappa shape index (κ3) is 3.21. The molecule has 0 bridgehead atoms. The summed E-state index contributed by atoms with van der Waals surface area (Å²) in [7, 11) is 0. The molecule has 0 aliphatic heterocycles. The van der Waals surface area contributed by atoms with E-state index in [1.54, 1.807) is 0 Å². The van der Waals surface area contributed by atoms with Gasteiger partial charge in [0.1, 0.15) is 5.82 Å². The fraction of sp³-hybridized carbons (Fsp3) is 0.381. The number of rotatable bonds is 4. The molecule has 1 aromatic heterocycles. The van der Waals surface area contributed by atoms with Crippen LogP contribution in [0.15, 0.2) is 48.5 Å². The van der Waals surface area contributed by atoms with Gasteiger partial charge in [0.15, 0.2) is 0 Å². The van der Waals surface area contributed by atoms with Gasteiger partial charge in [0.05, 0.1) is 11.0 Å². The summed E-state index contributed by atoms with van der Waals surface area (Å²) in [5.41, 5.74) is 3.45. The molecule has 24 heavy (non-hydrogen) atoms. The van der Waals surface area contributed by atoms with Crippen molar-refractivity contribution in [3.05, 3.63) is 53.6 Å². The Bertz CT molecular complexity index is 813. The van der Waals surface area contributed by atoms with Crippen LogP contribution in [0.4, 0.5) is 0 Å². The molecule has 1 fully saturated rings. The minimum absolute atomic E-state index is 0.767. The largest absolute Gasteiger partial charge is 0.324 e. The van der Waals surface area contributed by atoms with Crippen LogP contribution in [0, 0.1) is 5.92 Å². The normalized spacial score (nSPS) is 15.9. The van der Waals surface area contributed by atoms with Crippen molar-refractivity contribution < 1.29 is 0 Å². The first-order valence-corrected chi connectivity index (χ1v) is 9.40. The van der Waals surface area contributed by atoms with Gasteiger partial charge in [0.2, 0.25) is 0 Å². The van der Waals surface area contributed by atoms with Crippen molar-refractivity contribution in [1.82, 2.24) is 9.55 Å². The fourth-order valence-corrected chi connectivity index (χ4v) is 4.03. The van der Waals surface area contributed by atoms with Gasteiger partial charge in [-0.15, -0.1) is 0 Å². The third-order valence-corrected chi connectivity index (χ3v) is 5.49. The summed E-state index contributed by atoms with van der Waals surface area (Å²) in [5.74, 6) is 1.93. The first kappa shape index (κ1) is 15.7. The number of para-hydroxylation sites is 2. The van der Waals surface area contributed by atoms with E-state index in [0.29, 0.717) is 0 Å². The van der Waals surface area contributed by atoms with Gasteiger partial charge < -0.3 is 4.57 Å². The molecule has 0 radical (unpaired) electrons. The quantitative estimate of drug-likeness (QED) is 0.543. The van der Waals surface area contributed by atoms with Gasteiger partial charge in [-0.3, -0.25) is 0 Å². The zero-order chi connectivity index (χ0) is 16.4. The van der Waals surface area contributed by atoms with Crippen LogP contribution in [0.25, 0.3) is 22.4 Å². The molecule has 124 valence electrons. The zero-order valence-electron chi connectivity index (χ0n) is 13.9. The van der Waals surface area contributed by atoms with E-state index in [0.717, 1.165) is 34.4 Å². The van der Waals surface area contributed by atoms with Crippen LogP contribution in [0.1, 0.15) is 38.5 Å². The molecule has 1 heterocycles. The van der Waals surface area contributed by atoms with E-state index in [2.05, 4.69) is 41.0 Å². The van der Waals surface area contributed by atoms with Crippen molar-refractivity contribution in [3.63, 3.8) is 0 Å². The SMILES string of the molecule is Clc1ccc(-c2nc3ccccc3n2CCC2CCCCC2)cc1. The van der Waals surface area contributed by atoms with Crippen molar-refractivity contribution in [2.75, 3.05) is 0 Å². The number of nitrogens with zero attached hydrogens (tertiary/aromatic N) is 2. The Hall–Kier alpha value is -1.80. The lowest BCUT2D eigenvalue weighted by Crippen LogP contribution is -2.10. The number of hydrogen-bond donors (Lipinski definition) is 0. The summed E-state index contributed by atoms with van der Waals surface area (Å²) >= 11 is 6.05. The van der Waals surface area contributed by atoms with Crippen molar-refractivity contribution in [1.29, 1.82) is 0 Å². The van der Waals surface area contributed by atoms with Crippen molar-refractivity contribution in [2.24, 2.45) is 5.92 Å². The number of halogens is 1. The molecule has 1 aliphatic carbocycles. The second-order valence-electron chi connectivity index (χ2n) is 6.88. The van der Waals surface area contributed by atoms with Gasteiger partial charge in [0, 0.05) is 17.1 Å². The maximum Gasteiger partial charge on any atom is 0.141 e. The monoisotopic (exact) mass is 338 g/mol. The predicted molar refractivity (Wildman–Crippen MR) is 101 cm³/mol. The molecule has 3 aromatic rings. The van der Waals surface area contributed by atoms with Crippen LogP contribution in [0.5, 0.6) is 0 Å². The summed E-state index contributed by atoms with van der Waals surface area (Å²) < 4.78 is 2.40. The Kier molecular flexibility index (Phi) is 4.57. The molecule has 4 rings (SSSR count). The summed E-state index contributed by atoms with van der Waals surface area (Å²) in [6.07, 6.45) is 8.26. The maximum atomic E-state index is 6.05. The van der Waals surface area contributed by atoms with Crippen LogP contribution < -0.4 is 0 Å². The van der Waals surface area contributed by atoms with Crippen molar-refractivity contribution >= 4 is 22.6 Å². The Morgan fingerprint density at radius 3 is 2.50 bits per heavy atom. The Labute approximate surface area is 148 Å². The van der Waals surface area contributed by atoms with E-state index in [4.69, 9.17) is 16.6 Å². The summed E-state index contributed by atoms with van der Waals surface area (Å²) in [6.45, 7) is 1.04. The lowest BCUT2D eigenvalue weighted by molar-refractivity contribution is 0.326. The summed E-state index contributed by atoms with van der Waals surface area (Å²) in [4.78, 5) is 4.90. The van der Waals surface area contributed by atoms with Crippen LogP contribution in [-0.2, 0) is 6.54 Å². The van der Waals surface area contributed by atoms with Crippen LogP contribution in [0.3, 0.4) is 0 Å². The molecule has 0 saturated heterocycles. The number of benzene rings is 2. The second kappa shape index (κ2) is 6.98. The minimum Gasteiger partial charge on any atom is -0.324 e. The highest BCUT2D eigenvalue weighted by Crippen LogP contribution is 2.30. The van der Waals surface area contributed by atoms with Crippen molar-refractivity contribution in [2.45, 2.75) is 45.1 Å². The number of aromatic nitrogens is 2. The second-order valence-corrected chi connectivity index (χ2v) is 7.31. The lowest BCUT2D eigenvalue weighted by atomic mass is 9.87. The number of hydrogen-bond acceptors (Lipinski definition) is 1. The van der Waals surface area contributed by atoms with E-state index in [9.17, 15) is 0 Å². The number of imidazole rings is 1. The predicted octanol–water partition coefficient (Wildman–Crippen LogP) is 6.33. The number of aryl methyl sites for hydroxylation is 1. The van der Waals surface area contributed by atoms with E-state index < -0.39 is 0 Å². The highest BCUT2D eigenvalue weighted by Gasteiger charge is 2.16. The first-order valence-electron chi connectivity index (χ1n) is 9.02. The highest BCUT2D eigenvalue weighted by atomic mass is 35.5. The molecular formula is C21H23ClN2. The Morgan fingerprint density at radius 2 is 1.71 bits per heavy atom. The Morgan fingerprint density at radius 1 is 0.958 bits per heavy atom. The average Bonchev–Trinajstić information content (AvgIpc) is 3.00. The average molecular weight is 339 g/mol. The molecule has 0 atom stereocenters. The topological polar surface area (TPSA) is 17.8 Å². The van der Waals surface area contributed by atoms with Gasteiger partial charge in [-0.2, -0.15) is 0 Å². The molecular weight excluding hydrogens is 316 g/mol. The van der Waals surface area contributed by atoms with Crippen LogP contribution in [0.2, 0.25) is 5.02 Å². The van der Waals surface area contributed by atoms with E-state index in [1.807, 2.05) is 12.1 Å². The molecule has 1 aliphatic rings. The van der Waals surface area contributed by atoms with E-state index in [-0.39, 0.29) is 0 Å². The van der Waals surface area contributed by atoms with Gasteiger partial charge in [-0.05, 0) is 48.7 Å². The minimum atomic E-state index is 0.767. The summed E-state index contributed by atoms with van der Waals surface area (Å²) in [5, 5.41) is 0.767. The molecule has 0 amide bonds. The highest BCUT2D eigenvalue weighted by molar-refractivity contribution is 6.30. The van der Waals surface area contributed by atoms with Gasteiger partial charge in [-0.25, -0.2) is 4.98 Å². The molecule has 2 aromatic carbocycles. The molecule has 0 N–H and O–H groups in total. The standard InChI is InChI=1S/C21H23ClN2/c22-18-12-10-17(11-13-18)21-23-19-8-4-5-9-20(19)24(21)15-14-16-6-2-1-3-7-16/h4-5,8-13,16H,1-3,6-7,14-15H2. The Balaban J connectivity index is 1.68. The zero-order valence-corrected chi connectivity index (χ0v) is 14.7. The summed E-state index contributed by atoms with van der Waals surface area (Å²) in [6, 6.07) is 16.5. The lowest BCUT2D eigenvalue weighted by Gasteiger charge is -2.22. The smallest absolute Gasteiger partial charge is 0.141 e. The fourth-order valence-electron chi connectivity index (χ4n) is 3.91. The van der Waals surface area contributed by atoms with Crippen LogP contribution in [-0.4, -0.2) is 9.55 Å². The molecule has 0 spiro atoms. The van der Waals surface area contributed by atoms with E-state index >= 15 is 0 Å². The van der Waals surface area contributed by atoms with E-state index in [1.165, 1.54) is 44.0 Å². The molecule has 1 saturated carbocycles. The van der Waals surface area contributed by atoms with Gasteiger partial charge >= 0.3 is 0 Å². The first-order chi connectivity index (χ1) is 11.8. The maximum absolute atomic E-state index is 6.05. The molecule has 3 heteroatoms. The third-order valence-electron chi connectivity index (χ3n) is 5.24. The molecule has 0 unspecified atom stereocenters. The van der Waals surface area contributed by atoms with Crippen LogP contribution >= 0.6 is 11.6 Å². The van der Waals surface area contributed by atoms with Gasteiger partial charge in [-0.1, -0.05) is 55.8 Å². The van der Waals surface area contributed by atoms with Gasteiger partial charge in [0.25, 0.3) is 0 Å². The molecule has 2 nitrogen and oxygen atoms in total. The van der Waals surface area contributed by atoms with Crippen molar-refractivity contribution in [3.8, 4) is 11.4 Å². The number of fused-ring (bicyclic) bond motifs is 1.